The summed E-state index contributed by atoms with van der Waals surface area (Å²) in [6.07, 6.45) is 1.84. The zero-order chi connectivity index (χ0) is 19.6. The maximum Gasteiger partial charge on any atom is 0.176 e. The van der Waals surface area contributed by atoms with Gasteiger partial charge in [0.05, 0.1) is 21.1 Å². The summed E-state index contributed by atoms with van der Waals surface area (Å²) in [6, 6.07) is 10.5. The summed E-state index contributed by atoms with van der Waals surface area (Å²) in [5, 5.41) is 12.9. The van der Waals surface area contributed by atoms with Gasteiger partial charge in [0.25, 0.3) is 0 Å². The Balaban J connectivity index is 1.68. The predicted molar refractivity (Wildman–Crippen MR) is 122 cm³/mol. The van der Waals surface area contributed by atoms with E-state index in [0.717, 1.165) is 10.0 Å². The number of thiocarbonyl (C=S) groups is 1. The SMILES string of the molecule is S=C(Nc1cc(Cl)cc(Cl)c1)Nc1nn(Cc2ccc(Cl)c(Cl)c2)cc1Br. The lowest BCUT2D eigenvalue weighted by molar-refractivity contribution is 0.689. The van der Waals surface area contributed by atoms with Crippen LogP contribution in [0, 0.1) is 0 Å². The fourth-order valence-electron chi connectivity index (χ4n) is 2.28. The van der Waals surface area contributed by atoms with Crippen LogP contribution in [0.25, 0.3) is 0 Å². The van der Waals surface area contributed by atoms with Crippen LogP contribution in [0.3, 0.4) is 0 Å². The highest BCUT2D eigenvalue weighted by Crippen LogP contribution is 2.26. The average Bonchev–Trinajstić information content (AvgIpc) is 2.89. The van der Waals surface area contributed by atoms with Gasteiger partial charge in [0.1, 0.15) is 0 Å². The molecule has 0 saturated carbocycles. The molecule has 3 aromatic rings. The van der Waals surface area contributed by atoms with Gasteiger partial charge in [-0.25, -0.2) is 0 Å². The summed E-state index contributed by atoms with van der Waals surface area (Å²) in [5.74, 6) is 0.570. The van der Waals surface area contributed by atoms with Crippen LogP contribution in [0.5, 0.6) is 0 Å². The van der Waals surface area contributed by atoms with Crippen molar-refractivity contribution >= 4 is 91.2 Å². The van der Waals surface area contributed by atoms with Crippen molar-refractivity contribution in [1.82, 2.24) is 9.78 Å². The minimum Gasteiger partial charge on any atom is -0.332 e. The highest BCUT2D eigenvalue weighted by molar-refractivity contribution is 9.10. The monoisotopic (exact) mass is 522 g/mol. The van der Waals surface area contributed by atoms with Crippen LogP contribution in [0.2, 0.25) is 20.1 Å². The molecule has 0 spiro atoms. The van der Waals surface area contributed by atoms with Gasteiger partial charge in [-0.1, -0.05) is 52.5 Å². The van der Waals surface area contributed by atoms with Crippen molar-refractivity contribution in [3.63, 3.8) is 0 Å². The summed E-state index contributed by atoms with van der Waals surface area (Å²) >= 11 is 32.8. The van der Waals surface area contributed by atoms with E-state index in [0.29, 0.717) is 43.3 Å². The molecule has 0 aliphatic carbocycles. The summed E-state index contributed by atoms with van der Waals surface area (Å²) in [7, 11) is 0. The molecule has 0 amide bonds. The average molecular weight is 525 g/mol. The molecule has 27 heavy (non-hydrogen) atoms. The summed E-state index contributed by atoms with van der Waals surface area (Å²) < 4.78 is 2.51. The van der Waals surface area contributed by atoms with Gasteiger partial charge in [-0.15, -0.1) is 0 Å². The minimum atomic E-state index is 0.355. The molecule has 140 valence electrons. The van der Waals surface area contributed by atoms with Crippen molar-refractivity contribution in [1.29, 1.82) is 0 Å². The van der Waals surface area contributed by atoms with E-state index < -0.39 is 0 Å². The van der Waals surface area contributed by atoms with E-state index in [1.807, 2.05) is 18.3 Å². The molecule has 0 saturated heterocycles. The number of anilines is 2. The van der Waals surface area contributed by atoms with E-state index in [9.17, 15) is 0 Å². The molecule has 1 heterocycles. The van der Waals surface area contributed by atoms with Crippen LogP contribution in [-0.2, 0) is 6.54 Å². The molecular formula is C17H11BrCl4N4S. The molecule has 0 aliphatic rings. The molecule has 1 aromatic heterocycles. The van der Waals surface area contributed by atoms with Crippen molar-refractivity contribution in [2.75, 3.05) is 10.6 Å². The number of halogens is 5. The molecule has 0 radical (unpaired) electrons. The molecule has 4 nitrogen and oxygen atoms in total. The maximum absolute atomic E-state index is 6.06. The highest BCUT2D eigenvalue weighted by Gasteiger charge is 2.10. The lowest BCUT2D eigenvalue weighted by Crippen LogP contribution is -2.19. The number of rotatable bonds is 4. The van der Waals surface area contributed by atoms with Crippen molar-refractivity contribution in [3.8, 4) is 0 Å². The molecule has 0 aliphatic heterocycles. The smallest absolute Gasteiger partial charge is 0.176 e. The zero-order valence-electron chi connectivity index (χ0n) is 13.4. The first-order valence-corrected chi connectivity index (χ1v) is 10.2. The summed E-state index contributed by atoms with van der Waals surface area (Å²) in [4.78, 5) is 0. The number of nitrogens with zero attached hydrogens (tertiary/aromatic N) is 2. The first-order chi connectivity index (χ1) is 12.8. The topological polar surface area (TPSA) is 41.9 Å². The Morgan fingerprint density at radius 3 is 2.37 bits per heavy atom. The Kier molecular flexibility index (Phi) is 6.89. The fraction of sp³-hybridized carbons (Fsp3) is 0.0588. The third kappa shape index (κ3) is 5.73. The normalized spacial score (nSPS) is 10.7. The third-order valence-electron chi connectivity index (χ3n) is 3.40. The quantitative estimate of drug-likeness (QED) is 0.357. The molecule has 10 heteroatoms. The predicted octanol–water partition coefficient (Wildman–Crippen LogP) is 7.12. The van der Waals surface area contributed by atoms with Crippen LogP contribution in [-0.4, -0.2) is 14.9 Å². The second kappa shape index (κ2) is 8.99. The number of hydrogen-bond acceptors (Lipinski definition) is 2. The standard InChI is InChI=1S/C17H11BrCl4N4S/c18-13-8-26(7-9-1-2-14(21)15(22)3-9)25-16(13)24-17(27)23-12-5-10(19)4-11(20)6-12/h1-6,8H,7H2,(H2,23,24,25,27). The van der Waals surface area contributed by atoms with Gasteiger partial charge in [0.2, 0.25) is 0 Å². The van der Waals surface area contributed by atoms with Gasteiger partial charge in [0.15, 0.2) is 10.9 Å². The molecule has 0 atom stereocenters. The molecule has 0 fully saturated rings. The van der Waals surface area contributed by atoms with Gasteiger partial charge >= 0.3 is 0 Å². The van der Waals surface area contributed by atoms with Crippen LogP contribution < -0.4 is 10.6 Å². The Morgan fingerprint density at radius 1 is 1.00 bits per heavy atom. The van der Waals surface area contributed by atoms with Gasteiger partial charge in [-0.2, -0.15) is 5.10 Å². The van der Waals surface area contributed by atoms with E-state index in [4.69, 9.17) is 58.6 Å². The van der Waals surface area contributed by atoms with Gasteiger partial charge in [-0.3, -0.25) is 4.68 Å². The zero-order valence-corrected chi connectivity index (χ0v) is 18.9. The van der Waals surface area contributed by atoms with Crippen LogP contribution >= 0.6 is 74.6 Å². The lowest BCUT2D eigenvalue weighted by atomic mass is 10.2. The molecule has 2 N–H and O–H groups in total. The van der Waals surface area contributed by atoms with Crippen LogP contribution in [0.1, 0.15) is 5.56 Å². The van der Waals surface area contributed by atoms with Gasteiger partial charge in [-0.05, 0) is 64.0 Å². The minimum absolute atomic E-state index is 0.355. The number of hydrogen-bond donors (Lipinski definition) is 2. The van der Waals surface area contributed by atoms with Gasteiger partial charge < -0.3 is 10.6 Å². The Hall–Kier alpha value is -1.02. The molecule has 3 rings (SSSR count). The lowest BCUT2D eigenvalue weighted by Gasteiger charge is -2.10. The number of aromatic nitrogens is 2. The molecule has 0 unspecified atom stereocenters. The number of nitrogens with one attached hydrogen (secondary N) is 2. The van der Waals surface area contributed by atoms with Gasteiger partial charge in [0, 0.05) is 21.9 Å². The first-order valence-electron chi connectivity index (χ1n) is 7.51. The van der Waals surface area contributed by atoms with E-state index in [1.54, 1.807) is 28.9 Å². The Morgan fingerprint density at radius 2 is 1.70 bits per heavy atom. The third-order valence-corrected chi connectivity index (χ3v) is 5.36. The Labute approximate surface area is 189 Å². The highest BCUT2D eigenvalue weighted by atomic mass is 79.9. The van der Waals surface area contributed by atoms with Crippen molar-refractivity contribution in [3.05, 3.63) is 72.7 Å². The van der Waals surface area contributed by atoms with Crippen molar-refractivity contribution in [2.45, 2.75) is 6.54 Å². The van der Waals surface area contributed by atoms with E-state index >= 15 is 0 Å². The molecular weight excluding hydrogens is 514 g/mol. The largest absolute Gasteiger partial charge is 0.332 e. The maximum atomic E-state index is 6.06. The molecule has 2 aromatic carbocycles. The second-order valence-corrected chi connectivity index (χ2v) is 8.46. The summed E-state index contributed by atoms with van der Waals surface area (Å²) in [5.41, 5.74) is 1.65. The van der Waals surface area contributed by atoms with E-state index in [-0.39, 0.29) is 0 Å². The van der Waals surface area contributed by atoms with E-state index in [1.165, 1.54) is 0 Å². The van der Waals surface area contributed by atoms with Crippen molar-refractivity contribution in [2.24, 2.45) is 0 Å². The van der Waals surface area contributed by atoms with Crippen LogP contribution in [0.15, 0.2) is 47.1 Å². The van der Waals surface area contributed by atoms with E-state index in [2.05, 4.69) is 31.7 Å². The molecule has 0 bridgehead atoms. The van der Waals surface area contributed by atoms with Crippen molar-refractivity contribution < 1.29 is 0 Å². The fourth-order valence-corrected chi connectivity index (χ4v) is 3.76. The summed E-state index contributed by atoms with van der Waals surface area (Å²) in [6.45, 7) is 0.529. The first kappa shape index (κ1) is 20.7. The number of benzene rings is 2. The Bertz CT molecular complexity index is 988. The van der Waals surface area contributed by atoms with Crippen LogP contribution in [0.4, 0.5) is 11.5 Å². The second-order valence-electron chi connectivity index (χ2n) is 5.51.